The van der Waals surface area contributed by atoms with E-state index in [1.165, 1.54) is 17.1 Å². The number of rotatable bonds is 7. The van der Waals surface area contributed by atoms with E-state index in [2.05, 4.69) is 22.0 Å². The van der Waals surface area contributed by atoms with Crippen molar-refractivity contribution in [3.05, 3.63) is 77.1 Å². The monoisotopic (exact) mass is 450 g/mol. The van der Waals surface area contributed by atoms with Crippen LogP contribution >= 0.6 is 11.6 Å². The molecule has 0 saturated heterocycles. The van der Waals surface area contributed by atoms with Crippen LogP contribution in [0, 0.1) is 0 Å². The Labute approximate surface area is 183 Å². The van der Waals surface area contributed by atoms with Gasteiger partial charge >= 0.3 is 6.18 Å². The fourth-order valence-electron chi connectivity index (χ4n) is 2.65. The molecule has 0 aliphatic carbocycles. The van der Waals surface area contributed by atoms with Gasteiger partial charge in [-0.3, -0.25) is 4.79 Å². The van der Waals surface area contributed by atoms with Gasteiger partial charge in [0.25, 0.3) is 5.91 Å². The highest BCUT2D eigenvalue weighted by atomic mass is 35.5. The third kappa shape index (κ3) is 6.42. The Morgan fingerprint density at radius 3 is 2.52 bits per heavy atom. The van der Waals surface area contributed by atoms with Crippen LogP contribution in [0.15, 0.2) is 65.9 Å². The minimum absolute atomic E-state index is 0.0867. The molecule has 0 spiro atoms. The number of hydrazone groups is 1. The van der Waals surface area contributed by atoms with Crippen LogP contribution in [0.2, 0.25) is 5.02 Å². The molecule has 1 aromatic heterocycles. The summed E-state index contributed by atoms with van der Waals surface area (Å²) in [5.41, 5.74) is 0.928. The number of alkyl halides is 3. The van der Waals surface area contributed by atoms with Crippen molar-refractivity contribution in [3.63, 3.8) is 0 Å². The van der Waals surface area contributed by atoms with E-state index in [9.17, 15) is 18.0 Å². The van der Waals surface area contributed by atoms with Crippen molar-refractivity contribution >= 4 is 34.7 Å². The van der Waals surface area contributed by atoms with Crippen molar-refractivity contribution in [2.75, 3.05) is 5.32 Å². The van der Waals surface area contributed by atoms with Gasteiger partial charge in [-0.05, 0) is 44.5 Å². The van der Waals surface area contributed by atoms with Gasteiger partial charge in [-0.15, -0.1) is 0 Å². The Bertz CT molecular complexity index is 1030. The Kier molecular flexibility index (Phi) is 7.99. The second-order valence-electron chi connectivity index (χ2n) is 6.49. The number of hydrogen-bond donors (Lipinski definition) is 1. The van der Waals surface area contributed by atoms with Gasteiger partial charge in [-0.25, -0.2) is 9.99 Å². The summed E-state index contributed by atoms with van der Waals surface area (Å²) >= 11 is 6.09. The van der Waals surface area contributed by atoms with Crippen LogP contribution in [0.5, 0.6) is 0 Å². The highest BCUT2D eigenvalue weighted by Gasteiger charge is 2.32. The van der Waals surface area contributed by atoms with E-state index in [0.29, 0.717) is 16.4 Å². The Hall–Kier alpha value is -3.13. The molecule has 1 amide bonds. The molecule has 1 heterocycles. The van der Waals surface area contributed by atoms with Crippen LogP contribution in [-0.2, 0) is 11.0 Å². The molecular weight excluding hydrogens is 429 g/mol. The molecule has 0 saturated carbocycles. The Balaban J connectivity index is 2.36. The average molecular weight is 451 g/mol. The molecule has 5 nitrogen and oxygen atoms in total. The molecule has 0 atom stereocenters. The number of hydrogen-bond acceptors (Lipinski definition) is 4. The number of allylic oxidation sites excluding steroid dienone is 2. The number of aromatic nitrogens is 1. The first-order valence-corrected chi connectivity index (χ1v) is 9.75. The smallest absolute Gasteiger partial charge is 0.305 e. The minimum atomic E-state index is -4.61. The number of amides is 1. The van der Waals surface area contributed by atoms with Gasteiger partial charge in [0.05, 0.1) is 5.70 Å². The average Bonchev–Trinajstić information content (AvgIpc) is 2.70. The van der Waals surface area contributed by atoms with E-state index in [4.69, 9.17) is 11.6 Å². The number of pyridine rings is 1. The third-order valence-electron chi connectivity index (χ3n) is 4.08. The third-order valence-corrected chi connectivity index (χ3v) is 4.32. The largest absolute Gasteiger partial charge is 0.433 e. The molecule has 2 aromatic rings. The van der Waals surface area contributed by atoms with Crippen LogP contribution in [0.25, 0.3) is 5.70 Å². The zero-order valence-corrected chi connectivity index (χ0v) is 18.1. The molecule has 0 aliphatic heterocycles. The summed E-state index contributed by atoms with van der Waals surface area (Å²) in [5, 5.41) is 8.82. The summed E-state index contributed by atoms with van der Waals surface area (Å²) in [6.07, 6.45) is -2.60. The van der Waals surface area contributed by atoms with Crippen molar-refractivity contribution in [3.8, 4) is 0 Å². The summed E-state index contributed by atoms with van der Waals surface area (Å²) in [4.78, 5) is 16.2. The number of nitrogens with one attached hydrogen (secondary N) is 1. The van der Waals surface area contributed by atoms with E-state index >= 15 is 0 Å². The maximum atomic E-state index is 12.9. The van der Waals surface area contributed by atoms with Gasteiger partial charge in [0.15, 0.2) is 0 Å². The summed E-state index contributed by atoms with van der Waals surface area (Å²) < 4.78 is 38.6. The standard InChI is InChI=1S/C22H22ClF3N4O/c1-5-17(21(31)28-20-12-8-11-19(27-20)22(24,25)26)29-30(14(3)4)18(6-2)15-9-7-10-16(23)13-15/h6-13H,3,5H2,1-2,4H3,(H,27,28,31)/b18-6-,29-17-. The summed E-state index contributed by atoms with van der Waals surface area (Å²) in [6, 6.07) is 10.4. The molecule has 0 radical (unpaired) electrons. The maximum Gasteiger partial charge on any atom is 0.433 e. The van der Waals surface area contributed by atoms with Crippen molar-refractivity contribution in [1.82, 2.24) is 9.99 Å². The lowest BCUT2D eigenvalue weighted by Gasteiger charge is -2.24. The first kappa shape index (κ1) is 24.1. The van der Waals surface area contributed by atoms with Gasteiger partial charge in [-0.2, -0.15) is 18.3 Å². The maximum absolute atomic E-state index is 12.9. The van der Waals surface area contributed by atoms with E-state index in [1.54, 1.807) is 45.0 Å². The van der Waals surface area contributed by atoms with Gasteiger partial charge in [0.1, 0.15) is 17.2 Å². The topological polar surface area (TPSA) is 57.6 Å². The van der Waals surface area contributed by atoms with Gasteiger partial charge in [0, 0.05) is 16.3 Å². The molecule has 0 unspecified atom stereocenters. The molecular formula is C22H22ClF3N4O. The fourth-order valence-corrected chi connectivity index (χ4v) is 2.84. The molecule has 2 rings (SSSR count). The molecule has 9 heteroatoms. The summed E-state index contributed by atoms with van der Waals surface area (Å²) in [7, 11) is 0. The second-order valence-corrected chi connectivity index (χ2v) is 6.93. The fraction of sp³-hybridized carbons (Fsp3) is 0.227. The lowest BCUT2D eigenvalue weighted by Crippen LogP contribution is -2.27. The molecule has 31 heavy (non-hydrogen) atoms. The zero-order valence-electron chi connectivity index (χ0n) is 17.3. The predicted molar refractivity (Wildman–Crippen MR) is 117 cm³/mol. The van der Waals surface area contributed by atoms with E-state index in [1.807, 2.05) is 6.07 Å². The minimum Gasteiger partial charge on any atom is -0.305 e. The van der Waals surface area contributed by atoms with Crippen LogP contribution in [-0.4, -0.2) is 21.6 Å². The number of anilines is 1. The number of nitrogens with zero attached hydrogens (tertiary/aromatic N) is 3. The van der Waals surface area contributed by atoms with E-state index < -0.39 is 17.8 Å². The van der Waals surface area contributed by atoms with Crippen molar-refractivity contribution in [1.29, 1.82) is 0 Å². The van der Waals surface area contributed by atoms with Crippen LogP contribution < -0.4 is 5.32 Å². The lowest BCUT2D eigenvalue weighted by atomic mass is 10.1. The molecule has 0 aliphatic rings. The molecule has 1 aromatic carbocycles. The Morgan fingerprint density at radius 1 is 1.29 bits per heavy atom. The summed E-state index contributed by atoms with van der Waals surface area (Å²) in [6.45, 7) is 9.15. The predicted octanol–water partition coefficient (Wildman–Crippen LogP) is 6.35. The highest BCUT2D eigenvalue weighted by molar-refractivity contribution is 6.42. The molecule has 1 N–H and O–H groups in total. The normalized spacial score (nSPS) is 12.5. The quantitative estimate of drug-likeness (QED) is 0.394. The Morgan fingerprint density at radius 2 is 1.97 bits per heavy atom. The van der Waals surface area contributed by atoms with Crippen molar-refractivity contribution in [2.45, 2.75) is 33.4 Å². The van der Waals surface area contributed by atoms with Crippen LogP contribution in [0.3, 0.4) is 0 Å². The highest BCUT2D eigenvalue weighted by Crippen LogP contribution is 2.28. The molecule has 0 bridgehead atoms. The first-order chi connectivity index (χ1) is 14.6. The van der Waals surface area contributed by atoms with Gasteiger partial charge < -0.3 is 5.32 Å². The number of carbonyl (C=O) groups is 1. The SMILES string of the molecule is C=C(C)N(/N=C(/CC)C(=O)Nc1cccc(C(F)(F)F)n1)/C(=C\C)c1cccc(Cl)c1. The molecule has 164 valence electrons. The summed E-state index contributed by atoms with van der Waals surface area (Å²) in [5.74, 6) is -0.883. The van der Waals surface area contributed by atoms with E-state index in [0.717, 1.165) is 11.6 Å². The van der Waals surface area contributed by atoms with Crippen molar-refractivity contribution < 1.29 is 18.0 Å². The van der Waals surface area contributed by atoms with Crippen LogP contribution in [0.4, 0.5) is 19.0 Å². The first-order valence-electron chi connectivity index (χ1n) is 9.37. The van der Waals surface area contributed by atoms with E-state index in [-0.39, 0.29) is 18.0 Å². The number of carbonyl (C=O) groups excluding carboxylic acids is 1. The van der Waals surface area contributed by atoms with Crippen LogP contribution in [0.1, 0.15) is 38.4 Å². The number of halogens is 4. The molecule has 0 fully saturated rings. The second kappa shape index (κ2) is 10.3. The van der Waals surface area contributed by atoms with Gasteiger partial charge in [-0.1, -0.05) is 49.4 Å². The van der Waals surface area contributed by atoms with Gasteiger partial charge in [0.2, 0.25) is 0 Å². The zero-order chi connectivity index (χ0) is 23.2. The van der Waals surface area contributed by atoms with Crippen molar-refractivity contribution in [2.24, 2.45) is 5.10 Å². The number of benzene rings is 1. The lowest BCUT2D eigenvalue weighted by molar-refractivity contribution is -0.141.